The molecular weight excluding hydrogens is 249 g/mol. The van der Waals surface area contributed by atoms with Gasteiger partial charge in [0.05, 0.1) is 6.61 Å². The maximum atomic E-state index is 13.7. The van der Waals surface area contributed by atoms with Gasteiger partial charge in [-0.3, -0.25) is 0 Å². The number of hydrogen-bond donors (Lipinski definition) is 2. The predicted octanol–water partition coefficient (Wildman–Crippen LogP) is 2.98. The Kier molecular flexibility index (Phi) is 6.68. The third-order valence-corrected chi connectivity index (χ3v) is 4.36. The quantitative estimate of drug-likeness (QED) is 0.799. The van der Waals surface area contributed by atoms with Crippen molar-refractivity contribution in [3.8, 4) is 0 Å². The summed E-state index contributed by atoms with van der Waals surface area (Å²) in [5.74, 6) is -0.172. The standard InChI is InChI=1S/C14H22FNOS/c1-4-13(11-7-5-6-8-12(11)15)16-10(2)14(9-17)18-3/h5-8,10,13-14,16-17H,4,9H2,1-3H3. The van der Waals surface area contributed by atoms with Crippen LogP contribution in [0, 0.1) is 5.82 Å². The smallest absolute Gasteiger partial charge is 0.127 e. The summed E-state index contributed by atoms with van der Waals surface area (Å²) < 4.78 is 13.7. The number of thioether (sulfide) groups is 1. The summed E-state index contributed by atoms with van der Waals surface area (Å²) in [5, 5.41) is 12.8. The second-order valence-corrected chi connectivity index (χ2v) is 5.47. The summed E-state index contributed by atoms with van der Waals surface area (Å²) in [6.07, 6.45) is 2.79. The highest BCUT2D eigenvalue weighted by molar-refractivity contribution is 7.99. The lowest BCUT2D eigenvalue weighted by molar-refractivity contribution is 0.269. The molecule has 3 atom stereocenters. The van der Waals surface area contributed by atoms with Crippen LogP contribution < -0.4 is 5.32 Å². The van der Waals surface area contributed by atoms with Crippen molar-refractivity contribution in [2.75, 3.05) is 12.9 Å². The van der Waals surface area contributed by atoms with Gasteiger partial charge in [0.2, 0.25) is 0 Å². The van der Waals surface area contributed by atoms with Gasteiger partial charge in [-0.05, 0) is 25.7 Å². The first-order chi connectivity index (χ1) is 8.63. The van der Waals surface area contributed by atoms with E-state index in [9.17, 15) is 9.50 Å². The van der Waals surface area contributed by atoms with Gasteiger partial charge in [-0.25, -0.2) is 4.39 Å². The first-order valence-corrected chi connectivity index (χ1v) is 7.56. The fraction of sp³-hybridized carbons (Fsp3) is 0.571. The van der Waals surface area contributed by atoms with Crippen molar-refractivity contribution in [2.45, 2.75) is 37.6 Å². The summed E-state index contributed by atoms with van der Waals surface area (Å²) in [6, 6.07) is 6.98. The molecule has 0 fully saturated rings. The molecule has 0 aliphatic carbocycles. The lowest BCUT2D eigenvalue weighted by Gasteiger charge is -2.27. The van der Waals surface area contributed by atoms with Gasteiger partial charge in [0.15, 0.2) is 0 Å². The second-order valence-electron chi connectivity index (χ2n) is 4.39. The Hall–Kier alpha value is -0.580. The van der Waals surface area contributed by atoms with Gasteiger partial charge in [0.25, 0.3) is 0 Å². The van der Waals surface area contributed by atoms with E-state index in [0.29, 0.717) is 5.56 Å². The normalized spacial score (nSPS) is 16.3. The summed E-state index contributed by atoms with van der Waals surface area (Å²) in [7, 11) is 0. The van der Waals surface area contributed by atoms with Crippen molar-refractivity contribution >= 4 is 11.8 Å². The van der Waals surface area contributed by atoms with Crippen LogP contribution in [0.5, 0.6) is 0 Å². The van der Waals surface area contributed by atoms with Crippen LogP contribution >= 0.6 is 11.8 Å². The summed E-state index contributed by atoms with van der Waals surface area (Å²) in [4.78, 5) is 0. The van der Waals surface area contributed by atoms with Gasteiger partial charge in [-0.1, -0.05) is 25.1 Å². The molecule has 2 N–H and O–H groups in total. The van der Waals surface area contributed by atoms with Crippen LogP contribution in [0.25, 0.3) is 0 Å². The molecule has 0 aromatic heterocycles. The van der Waals surface area contributed by atoms with E-state index in [-0.39, 0.29) is 29.8 Å². The Morgan fingerprint density at radius 2 is 2.06 bits per heavy atom. The van der Waals surface area contributed by atoms with Crippen LogP contribution in [0.1, 0.15) is 31.9 Å². The molecule has 0 spiro atoms. The van der Waals surface area contributed by atoms with Crippen molar-refractivity contribution in [1.82, 2.24) is 5.32 Å². The van der Waals surface area contributed by atoms with E-state index in [2.05, 4.69) is 5.32 Å². The number of hydrogen-bond acceptors (Lipinski definition) is 3. The topological polar surface area (TPSA) is 32.3 Å². The zero-order valence-corrected chi connectivity index (χ0v) is 12.0. The first kappa shape index (κ1) is 15.5. The van der Waals surface area contributed by atoms with E-state index < -0.39 is 0 Å². The molecule has 0 amide bonds. The molecule has 0 saturated carbocycles. The van der Waals surface area contributed by atoms with Gasteiger partial charge < -0.3 is 10.4 Å². The van der Waals surface area contributed by atoms with Crippen LogP contribution in [-0.2, 0) is 0 Å². The van der Waals surface area contributed by atoms with Gasteiger partial charge in [0, 0.05) is 22.9 Å². The molecule has 1 rings (SSSR count). The molecule has 0 aliphatic rings. The molecular formula is C14H22FNOS. The third kappa shape index (κ3) is 3.97. The Labute approximate surface area is 113 Å². The Bertz CT molecular complexity index is 357. The van der Waals surface area contributed by atoms with E-state index in [1.807, 2.05) is 32.2 Å². The third-order valence-electron chi connectivity index (χ3n) is 3.19. The first-order valence-electron chi connectivity index (χ1n) is 6.28. The van der Waals surface area contributed by atoms with E-state index in [4.69, 9.17) is 0 Å². The Morgan fingerprint density at radius 1 is 1.39 bits per heavy atom. The van der Waals surface area contributed by atoms with Crippen LogP contribution in [0.3, 0.4) is 0 Å². The monoisotopic (exact) mass is 271 g/mol. The minimum Gasteiger partial charge on any atom is -0.395 e. The molecule has 4 heteroatoms. The van der Waals surface area contributed by atoms with E-state index in [1.165, 1.54) is 6.07 Å². The number of halogens is 1. The van der Waals surface area contributed by atoms with E-state index in [1.54, 1.807) is 17.8 Å². The molecule has 18 heavy (non-hydrogen) atoms. The Balaban J connectivity index is 2.76. The highest BCUT2D eigenvalue weighted by atomic mass is 32.2. The fourth-order valence-electron chi connectivity index (χ4n) is 2.05. The second kappa shape index (κ2) is 7.77. The molecule has 0 radical (unpaired) electrons. The number of aliphatic hydroxyl groups excluding tert-OH is 1. The molecule has 3 unspecified atom stereocenters. The maximum absolute atomic E-state index is 13.7. The zero-order valence-electron chi connectivity index (χ0n) is 11.2. The van der Waals surface area contributed by atoms with Crippen molar-refractivity contribution in [3.63, 3.8) is 0 Å². The lowest BCUT2D eigenvalue weighted by atomic mass is 10.0. The molecule has 0 heterocycles. The number of benzene rings is 1. The van der Waals surface area contributed by atoms with Gasteiger partial charge in [-0.15, -0.1) is 0 Å². The fourth-order valence-corrected chi connectivity index (χ4v) is 2.68. The average molecular weight is 271 g/mol. The number of nitrogens with one attached hydrogen (secondary N) is 1. The van der Waals surface area contributed by atoms with Crippen molar-refractivity contribution in [3.05, 3.63) is 35.6 Å². The molecule has 0 aliphatic heterocycles. The SMILES string of the molecule is CCC(NC(C)C(CO)SC)c1ccccc1F. The van der Waals surface area contributed by atoms with E-state index >= 15 is 0 Å². The van der Waals surface area contributed by atoms with Crippen LogP contribution in [0.4, 0.5) is 4.39 Å². The summed E-state index contributed by atoms with van der Waals surface area (Å²) >= 11 is 1.62. The van der Waals surface area contributed by atoms with Crippen LogP contribution in [0.15, 0.2) is 24.3 Å². The number of rotatable bonds is 7. The largest absolute Gasteiger partial charge is 0.395 e. The summed E-state index contributed by atoms with van der Waals surface area (Å²) in [5.41, 5.74) is 0.699. The highest BCUT2D eigenvalue weighted by Crippen LogP contribution is 2.22. The van der Waals surface area contributed by atoms with Crippen LogP contribution in [-0.4, -0.2) is 29.3 Å². The van der Waals surface area contributed by atoms with Crippen LogP contribution in [0.2, 0.25) is 0 Å². The van der Waals surface area contributed by atoms with Gasteiger partial charge in [-0.2, -0.15) is 11.8 Å². The molecule has 1 aromatic carbocycles. The molecule has 1 aromatic rings. The minimum absolute atomic E-state index is 0.0117. The van der Waals surface area contributed by atoms with Gasteiger partial charge in [0.1, 0.15) is 5.82 Å². The number of aliphatic hydroxyl groups is 1. The molecule has 102 valence electrons. The zero-order chi connectivity index (χ0) is 13.5. The van der Waals surface area contributed by atoms with Crippen molar-refractivity contribution in [1.29, 1.82) is 0 Å². The lowest BCUT2D eigenvalue weighted by Crippen LogP contribution is -2.39. The molecule has 0 bridgehead atoms. The molecule has 0 saturated heterocycles. The average Bonchev–Trinajstić information content (AvgIpc) is 2.38. The van der Waals surface area contributed by atoms with E-state index in [0.717, 1.165) is 6.42 Å². The van der Waals surface area contributed by atoms with Gasteiger partial charge >= 0.3 is 0 Å². The van der Waals surface area contributed by atoms with Crippen molar-refractivity contribution < 1.29 is 9.50 Å². The Morgan fingerprint density at radius 3 is 2.56 bits per heavy atom. The maximum Gasteiger partial charge on any atom is 0.127 e. The summed E-state index contributed by atoms with van der Waals surface area (Å²) in [6.45, 7) is 4.19. The highest BCUT2D eigenvalue weighted by Gasteiger charge is 2.20. The van der Waals surface area contributed by atoms with Crippen molar-refractivity contribution in [2.24, 2.45) is 0 Å². The molecule has 2 nitrogen and oxygen atoms in total. The predicted molar refractivity (Wildman–Crippen MR) is 76.4 cm³/mol. The minimum atomic E-state index is -0.172.